The van der Waals surface area contributed by atoms with Crippen LogP contribution in [-0.2, 0) is 6.42 Å². The molecule has 0 heterocycles. The van der Waals surface area contributed by atoms with E-state index in [0.717, 1.165) is 31.2 Å². The highest BCUT2D eigenvalue weighted by molar-refractivity contribution is 5.82. The first-order valence-corrected chi connectivity index (χ1v) is 8.58. The lowest BCUT2D eigenvalue weighted by molar-refractivity contribution is -0.274. The maximum atomic E-state index is 12.1. The number of hydrogen-bond acceptors (Lipinski definition) is 3. The Labute approximate surface area is 156 Å². The van der Waals surface area contributed by atoms with Gasteiger partial charge in [0.2, 0.25) is 0 Å². The van der Waals surface area contributed by atoms with Crippen molar-refractivity contribution in [2.75, 3.05) is 0 Å². The van der Waals surface area contributed by atoms with Gasteiger partial charge >= 0.3 is 6.36 Å². The van der Waals surface area contributed by atoms with Crippen molar-refractivity contribution in [1.29, 1.82) is 0 Å². The van der Waals surface area contributed by atoms with E-state index in [-0.39, 0.29) is 5.75 Å². The van der Waals surface area contributed by atoms with Crippen LogP contribution in [0.25, 0.3) is 0 Å². The summed E-state index contributed by atoms with van der Waals surface area (Å²) in [5, 5.41) is 7.86. The van der Waals surface area contributed by atoms with Gasteiger partial charge in [0.1, 0.15) is 5.75 Å². The average Bonchev–Trinajstić information content (AvgIpc) is 2.63. The van der Waals surface area contributed by atoms with E-state index < -0.39 is 6.36 Å². The molecule has 0 bridgehead atoms. The maximum Gasteiger partial charge on any atom is 0.573 e. The summed E-state index contributed by atoms with van der Waals surface area (Å²) in [6.07, 6.45) is 4.69. The first-order valence-electron chi connectivity index (χ1n) is 8.58. The lowest BCUT2D eigenvalue weighted by Crippen LogP contribution is -2.16. The third-order valence-electron chi connectivity index (χ3n) is 3.70. The summed E-state index contributed by atoms with van der Waals surface area (Å²) in [4.78, 5) is 0. The van der Waals surface area contributed by atoms with Crippen LogP contribution in [0.1, 0.15) is 36.0 Å². The zero-order valence-electron chi connectivity index (χ0n) is 14.8. The molecule has 2 aromatic carbocycles. The summed E-state index contributed by atoms with van der Waals surface area (Å²) in [6, 6.07) is 13.5. The highest BCUT2D eigenvalue weighted by Crippen LogP contribution is 2.22. The van der Waals surface area contributed by atoms with E-state index in [9.17, 15) is 13.2 Å². The lowest BCUT2D eigenvalue weighted by atomic mass is 10.1. The number of allylic oxidation sites excluding steroid dienone is 1. The van der Waals surface area contributed by atoms with Crippen LogP contribution in [0.3, 0.4) is 0 Å². The van der Waals surface area contributed by atoms with Gasteiger partial charge in [-0.15, -0.1) is 19.8 Å². The first-order chi connectivity index (χ1) is 13.0. The van der Waals surface area contributed by atoms with Gasteiger partial charge in [-0.3, -0.25) is 0 Å². The summed E-state index contributed by atoms with van der Waals surface area (Å²) in [7, 11) is 0. The number of alkyl halides is 3. The van der Waals surface area contributed by atoms with Crippen LogP contribution in [0.2, 0.25) is 0 Å². The van der Waals surface area contributed by atoms with E-state index in [1.807, 2.05) is 18.2 Å². The summed E-state index contributed by atoms with van der Waals surface area (Å²) < 4.78 is 40.1. The number of ether oxygens (including phenoxy) is 1. The molecule has 0 saturated carbocycles. The van der Waals surface area contributed by atoms with Gasteiger partial charge in [-0.2, -0.15) is 10.2 Å². The molecule has 142 valence electrons. The Kier molecular flexibility index (Phi) is 7.79. The molecule has 0 aromatic heterocycles. The summed E-state index contributed by atoms with van der Waals surface area (Å²) in [5.74, 6) is -0.271. The zero-order chi connectivity index (χ0) is 19.5. The average molecular weight is 374 g/mol. The second kappa shape index (κ2) is 10.3. The molecule has 0 aliphatic heterocycles. The molecule has 0 saturated heterocycles. The molecule has 3 nitrogen and oxygen atoms in total. The van der Waals surface area contributed by atoms with Crippen LogP contribution in [0, 0.1) is 0 Å². The van der Waals surface area contributed by atoms with Crippen LogP contribution >= 0.6 is 0 Å². The molecule has 0 N–H and O–H groups in total. The number of aryl methyl sites for hydroxylation is 1. The first kappa shape index (κ1) is 20.4. The predicted octanol–water partition coefficient (Wildman–Crippen LogP) is 5.94. The summed E-state index contributed by atoms with van der Waals surface area (Å²) >= 11 is 0. The number of nitrogens with zero attached hydrogens (tertiary/aromatic N) is 2. The van der Waals surface area contributed by atoms with Crippen LogP contribution < -0.4 is 4.74 Å². The van der Waals surface area contributed by atoms with Crippen LogP contribution in [0.4, 0.5) is 13.2 Å². The van der Waals surface area contributed by atoms with Crippen LogP contribution in [-0.4, -0.2) is 18.8 Å². The molecule has 2 aromatic rings. The number of rotatable bonds is 9. The maximum absolute atomic E-state index is 12.1. The lowest BCUT2D eigenvalue weighted by Gasteiger charge is -2.08. The normalized spacial score (nSPS) is 12.0. The smallest absolute Gasteiger partial charge is 0.406 e. The molecule has 2 rings (SSSR count). The molecule has 0 spiro atoms. The molecule has 0 atom stereocenters. The van der Waals surface area contributed by atoms with E-state index in [4.69, 9.17) is 0 Å². The van der Waals surface area contributed by atoms with Gasteiger partial charge in [-0.25, -0.2) is 0 Å². The van der Waals surface area contributed by atoms with Gasteiger partial charge in [-0.05, 0) is 66.6 Å². The predicted molar refractivity (Wildman–Crippen MR) is 103 cm³/mol. The Morgan fingerprint density at radius 1 is 0.852 bits per heavy atom. The standard InChI is InChI=1S/C21H21F3N2O/c1-2-3-4-5-6-17-7-9-18(10-8-17)15-25-26-16-19-11-13-20(14-12-19)27-21(22,23)24/h2,7-16H,1,3-6H2/b25-15+,26-16-. The largest absolute Gasteiger partial charge is 0.573 e. The highest BCUT2D eigenvalue weighted by Gasteiger charge is 2.30. The third-order valence-corrected chi connectivity index (χ3v) is 3.70. The minimum absolute atomic E-state index is 0.271. The fraction of sp³-hybridized carbons (Fsp3) is 0.238. The van der Waals surface area contributed by atoms with Gasteiger partial charge in [0.05, 0.1) is 12.4 Å². The molecule has 0 aliphatic rings. The second-order valence-electron chi connectivity index (χ2n) is 5.88. The molecule has 6 heteroatoms. The minimum atomic E-state index is -4.69. The topological polar surface area (TPSA) is 34.0 Å². The van der Waals surface area contributed by atoms with Crippen molar-refractivity contribution in [1.82, 2.24) is 0 Å². The molecule has 27 heavy (non-hydrogen) atoms. The Hall–Kier alpha value is -2.89. The number of halogens is 3. The number of unbranched alkanes of at least 4 members (excludes halogenated alkanes) is 2. The van der Waals surface area contributed by atoms with Crippen molar-refractivity contribution < 1.29 is 17.9 Å². The van der Waals surface area contributed by atoms with Gasteiger partial charge < -0.3 is 4.74 Å². The van der Waals surface area contributed by atoms with Gasteiger partial charge in [0, 0.05) is 0 Å². The third kappa shape index (κ3) is 8.35. The summed E-state index contributed by atoms with van der Waals surface area (Å²) in [6.45, 7) is 3.72. The molecule has 0 unspecified atom stereocenters. The van der Waals surface area contributed by atoms with Crippen molar-refractivity contribution in [3.63, 3.8) is 0 Å². The van der Waals surface area contributed by atoms with Crippen molar-refractivity contribution >= 4 is 12.4 Å². The minimum Gasteiger partial charge on any atom is -0.406 e. The number of benzene rings is 2. The fourth-order valence-corrected chi connectivity index (χ4v) is 2.34. The SMILES string of the molecule is C=CCCCCc1ccc(/C=N/N=C\c2ccc(OC(F)(F)F)cc2)cc1. The van der Waals surface area contributed by atoms with Gasteiger partial charge in [-0.1, -0.05) is 30.3 Å². The summed E-state index contributed by atoms with van der Waals surface area (Å²) in [5.41, 5.74) is 2.83. The van der Waals surface area contributed by atoms with E-state index in [1.165, 1.54) is 36.0 Å². The van der Waals surface area contributed by atoms with Crippen LogP contribution in [0.15, 0.2) is 71.4 Å². The van der Waals surface area contributed by atoms with Gasteiger partial charge in [0.15, 0.2) is 0 Å². The van der Waals surface area contributed by atoms with E-state index in [1.54, 1.807) is 6.21 Å². The van der Waals surface area contributed by atoms with E-state index in [2.05, 4.69) is 33.7 Å². The quantitative estimate of drug-likeness (QED) is 0.232. The van der Waals surface area contributed by atoms with E-state index in [0.29, 0.717) is 5.56 Å². The van der Waals surface area contributed by atoms with E-state index >= 15 is 0 Å². The molecule has 0 amide bonds. The molecule has 0 fully saturated rings. The van der Waals surface area contributed by atoms with Crippen molar-refractivity contribution in [3.05, 3.63) is 77.9 Å². The number of hydrogen-bond donors (Lipinski definition) is 0. The Bertz CT molecular complexity index is 764. The molecular formula is C21H21F3N2O. The van der Waals surface area contributed by atoms with Gasteiger partial charge in [0.25, 0.3) is 0 Å². The van der Waals surface area contributed by atoms with Crippen LogP contribution in [0.5, 0.6) is 5.75 Å². The fourth-order valence-electron chi connectivity index (χ4n) is 2.34. The Balaban J connectivity index is 1.83. The molecular weight excluding hydrogens is 353 g/mol. The van der Waals surface area contributed by atoms with Crippen molar-refractivity contribution in [2.45, 2.75) is 32.0 Å². The second-order valence-corrected chi connectivity index (χ2v) is 5.88. The Morgan fingerprint density at radius 2 is 1.41 bits per heavy atom. The highest BCUT2D eigenvalue weighted by atomic mass is 19.4. The monoisotopic (exact) mass is 374 g/mol. The molecule has 0 radical (unpaired) electrons. The zero-order valence-corrected chi connectivity index (χ0v) is 14.8. The van der Waals surface area contributed by atoms with Crippen molar-refractivity contribution in [3.8, 4) is 5.75 Å². The molecule has 0 aliphatic carbocycles. The Morgan fingerprint density at radius 3 is 1.93 bits per heavy atom. The van der Waals surface area contributed by atoms with Crippen molar-refractivity contribution in [2.24, 2.45) is 10.2 Å².